The van der Waals surface area contributed by atoms with Gasteiger partial charge < -0.3 is 20.5 Å². The Hall–Kier alpha value is -3.07. The monoisotopic (exact) mass is 422 g/mol. The predicted octanol–water partition coefficient (Wildman–Crippen LogP) is 4.33. The Bertz CT molecular complexity index is 1190. The van der Waals surface area contributed by atoms with Gasteiger partial charge in [-0.1, -0.05) is 13.0 Å². The van der Waals surface area contributed by atoms with E-state index in [-0.39, 0.29) is 22.4 Å². The van der Waals surface area contributed by atoms with Crippen LogP contribution in [-0.2, 0) is 0 Å². The van der Waals surface area contributed by atoms with Gasteiger partial charge in [-0.2, -0.15) is 13.2 Å². The van der Waals surface area contributed by atoms with Crippen molar-refractivity contribution in [2.45, 2.75) is 37.1 Å². The molecule has 9 heteroatoms. The molecule has 0 spiro atoms. The Balaban J connectivity index is 1.92. The molecule has 0 bridgehead atoms. The highest BCUT2D eigenvalue weighted by atomic mass is 19.4. The molecule has 158 valence electrons. The Labute approximate surface area is 168 Å². The predicted molar refractivity (Wildman–Crippen MR) is 103 cm³/mol. The maximum atomic E-state index is 14.0. The second-order valence-corrected chi connectivity index (χ2v) is 7.63. The minimum absolute atomic E-state index is 0.0473. The number of aromatic amines is 1. The highest BCUT2D eigenvalue weighted by Crippen LogP contribution is 2.53. The number of pyridine rings is 1. The number of alkyl halides is 3. The molecule has 0 radical (unpaired) electrons. The first-order chi connectivity index (χ1) is 14.0. The Morgan fingerprint density at radius 3 is 2.60 bits per heavy atom. The van der Waals surface area contributed by atoms with Gasteiger partial charge >= 0.3 is 6.18 Å². The molecule has 1 aromatic heterocycles. The average molecular weight is 422 g/mol. The zero-order valence-corrected chi connectivity index (χ0v) is 15.7. The van der Waals surface area contributed by atoms with Crippen molar-refractivity contribution < 1.29 is 27.8 Å². The molecule has 0 aliphatic heterocycles. The summed E-state index contributed by atoms with van der Waals surface area (Å²) < 4.78 is 56.0. The maximum absolute atomic E-state index is 14.0. The molecule has 4 rings (SSSR count). The largest absolute Gasteiger partial charge is 0.505 e. The van der Waals surface area contributed by atoms with Gasteiger partial charge in [-0.15, -0.1) is 0 Å². The van der Waals surface area contributed by atoms with E-state index in [1.807, 2.05) is 0 Å². The van der Waals surface area contributed by atoms with Crippen LogP contribution in [0.4, 0.5) is 23.2 Å². The summed E-state index contributed by atoms with van der Waals surface area (Å²) in [6.07, 6.45) is -5.69. The number of hydrogen-bond donors (Lipinski definition) is 4. The van der Waals surface area contributed by atoms with Gasteiger partial charge in [0.2, 0.25) is 5.56 Å². The molecule has 1 heterocycles. The number of nitrogens with one attached hydrogen (secondary N) is 2. The number of rotatable bonds is 2. The SMILES string of the molecule is C[C@@H]1C[C@](O)(C(F)(F)F)[C@@H](Nc2cccc3[nH]c(=O)ccc23)c2cc(O)c(F)cc21. The highest BCUT2D eigenvalue weighted by Gasteiger charge is 2.62. The van der Waals surface area contributed by atoms with Gasteiger partial charge in [0.1, 0.15) is 0 Å². The van der Waals surface area contributed by atoms with Gasteiger partial charge in [-0.05, 0) is 53.8 Å². The summed E-state index contributed by atoms with van der Waals surface area (Å²) in [5, 5.41) is 23.8. The van der Waals surface area contributed by atoms with Crippen molar-refractivity contribution in [3.63, 3.8) is 0 Å². The lowest BCUT2D eigenvalue weighted by atomic mass is 9.70. The lowest BCUT2D eigenvalue weighted by molar-refractivity contribution is -0.272. The van der Waals surface area contributed by atoms with Crippen LogP contribution in [0.2, 0.25) is 0 Å². The Morgan fingerprint density at radius 1 is 1.17 bits per heavy atom. The number of phenolic OH excluding ortho intramolecular Hbond substituents is 1. The number of phenols is 1. The average Bonchev–Trinajstić information content (AvgIpc) is 2.65. The number of aromatic hydroxyl groups is 1. The van der Waals surface area contributed by atoms with E-state index in [1.54, 1.807) is 12.1 Å². The highest BCUT2D eigenvalue weighted by molar-refractivity contribution is 5.91. The topological polar surface area (TPSA) is 85.4 Å². The number of aliphatic hydroxyl groups is 1. The number of fused-ring (bicyclic) bond motifs is 2. The fourth-order valence-electron chi connectivity index (χ4n) is 4.17. The van der Waals surface area contributed by atoms with Crippen molar-refractivity contribution in [3.05, 3.63) is 69.8 Å². The van der Waals surface area contributed by atoms with Crippen LogP contribution in [0, 0.1) is 5.82 Å². The fraction of sp³-hybridized carbons (Fsp3) is 0.286. The molecule has 0 fully saturated rings. The number of aromatic nitrogens is 1. The summed E-state index contributed by atoms with van der Waals surface area (Å²) in [4.78, 5) is 14.2. The summed E-state index contributed by atoms with van der Waals surface area (Å²) in [5.74, 6) is -2.55. The molecule has 30 heavy (non-hydrogen) atoms. The van der Waals surface area contributed by atoms with Gasteiger partial charge in [0.05, 0.1) is 11.6 Å². The summed E-state index contributed by atoms with van der Waals surface area (Å²) >= 11 is 0. The molecule has 3 aromatic rings. The van der Waals surface area contributed by atoms with Gasteiger partial charge in [0.15, 0.2) is 17.2 Å². The van der Waals surface area contributed by atoms with Crippen molar-refractivity contribution in [3.8, 4) is 5.75 Å². The standard InChI is InChI=1S/C21H18F4N2O3/c1-10-9-20(30,21(23,24)25)19(13-8-17(28)14(22)7-12(10)13)27-16-4-2-3-15-11(16)5-6-18(29)26-15/h2-8,10,19,27-28,30H,9H2,1H3,(H,26,29)/t10-,19+,20-/m1/s1. The number of benzene rings is 2. The lowest BCUT2D eigenvalue weighted by Crippen LogP contribution is -2.55. The van der Waals surface area contributed by atoms with Crippen molar-refractivity contribution in [1.82, 2.24) is 4.98 Å². The number of halogens is 4. The summed E-state index contributed by atoms with van der Waals surface area (Å²) in [7, 11) is 0. The van der Waals surface area contributed by atoms with Crippen LogP contribution in [-0.4, -0.2) is 27.0 Å². The molecule has 0 amide bonds. The van der Waals surface area contributed by atoms with Crippen LogP contribution in [0.15, 0.2) is 47.3 Å². The molecule has 3 atom stereocenters. The summed E-state index contributed by atoms with van der Waals surface area (Å²) in [5.41, 5.74) is -2.69. The maximum Gasteiger partial charge on any atom is 0.419 e. The normalized spacial score (nSPS) is 23.9. The van der Waals surface area contributed by atoms with Crippen LogP contribution >= 0.6 is 0 Å². The molecule has 2 aromatic carbocycles. The first-order valence-corrected chi connectivity index (χ1v) is 9.21. The van der Waals surface area contributed by atoms with Crippen LogP contribution < -0.4 is 10.9 Å². The van der Waals surface area contributed by atoms with E-state index in [0.717, 1.165) is 12.1 Å². The first-order valence-electron chi connectivity index (χ1n) is 9.21. The molecule has 1 aliphatic carbocycles. The fourth-order valence-corrected chi connectivity index (χ4v) is 4.17. The third-order valence-corrected chi connectivity index (χ3v) is 5.65. The Morgan fingerprint density at radius 2 is 1.90 bits per heavy atom. The lowest BCUT2D eigenvalue weighted by Gasteiger charge is -2.45. The van der Waals surface area contributed by atoms with Crippen LogP contribution in [0.25, 0.3) is 10.9 Å². The van der Waals surface area contributed by atoms with E-state index in [2.05, 4.69) is 10.3 Å². The second-order valence-electron chi connectivity index (χ2n) is 7.63. The zero-order valence-electron chi connectivity index (χ0n) is 15.7. The van der Waals surface area contributed by atoms with E-state index in [9.17, 15) is 32.6 Å². The van der Waals surface area contributed by atoms with E-state index in [0.29, 0.717) is 10.9 Å². The quantitative estimate of drug-likeness (QED) is 0.463. The van der Waals surface area contributed by atoms with Crippen LogP contribution in [0.1, 0.15) is 36.4 Å². The molecule has 0 saturated carbocycles. The number of H-pyrrole nitrogens is 1. The summed E-state index contributed by atoms with van der Waals surface area (Å²) in [6.45, 7) is 1.46. The first kappa shape index (κ1) is 20.2. The van der Waals surface area contributed by atoms with Gasteiger partial charge in [0.25, 0.3) is 0 Å². The van der Waals surface area contributed by atoms with Crippen molar-refractivity contribution >= 4 is 16.6 Å². The zero-order chi connectivity index (χ0) is 21.8. The molecule has 4 N–H and O–H groups in total. The third-order valence-electron chi connectivity index (χ3n) is 5.65. The van der Waals surface area contributed by atoms with E-state index in [1.165, 1.54) is 25.1 Å². The molecule has 0 saturated heterocycles. The van der Waals surface area contributed by atoms with Crippen molar-refractivity contribution in [1.29, 1.82) is 0 Å². The molecular weight excluding hydrogens is 404 g/mol. The number of anilines is 1. The minimum atomic E-state index is -5.00. The van der Waals surface area contributed by atoms with Gasteiger partial charge in [-0.25, -0.2) is 4.39 Å². The van der Waals surface area contributed by atoms with E-state index >= 15 is 0 Å². The minimum Gasteiger partial charge on any atom is -0.505 e. The van der Waals surface area contributed by atoms with Crippen LogP contribution in [0.5, 0.6) is 5.75 Å². The summed E-state index contributed by atoms with van der Waals surface area (Å²) in [6, 6.07) is 7.55. The van der Waals surface area contributed by atoms with E-state index in [4.69, 9.17) is 0 Å². The van der Waals surface area contributed by atoms with Gasteiger partial charge in [-0.3, -0.25) is 4.79 Å². The molecule has 1 aliphatic rings. The van der Waals surface area contributed by atoms with Crippen molar-refractivity contribution in [2.75, 3.05) is 5.32 Å². The Kier molecular flexibility index (Phi) is 4.54. The second kappa shape index (κ2) is 6.73. The van der Waals surface area contributed by atoms with Crippen molar-refractivity contribution in [2.24, 2.45) is 0 Å². The van der Waals surface area contributed by atoms with E-state index < -0.39 is 41.7 Å². The molecule has 5 nitrogen and oxygen atoms in total. The molecular formula is C21H18F4N2O3. The van der Waals surface area contributed by atoms with Crippen LogP contribution in [0.3, 0.4) is 0 Å². The number of hydrogen-bond acceptors (Lipinski definition) is 4. The van der Waals surface area contributed by atoms with Gasteiger partial charge in [0, 0.05) is 17.1 Å². The smallest absolute Gasteiger partial charge is 0.419 e. The molecule has 0 unspecified atom stereocenters. The third kappa shape index (κ3) is 3.09.